The van der Waals surface area contributed by atoms with Crippen molar-refractivity contribution in [1.82, 2.24) is 0 Å². The van der Waals surface area contributed by atoms with Gasteiger partial charge in [0, 0.05) is 13.6 Å². The molecule has 0 aliphatic carbocycles. The van der Waals surface area contributed by atoms with Gasteiger partial charge in [-0.3, -0.25) is 0 Å². The van der Waals surface area contributed by atoms with Crippen molar-refractivity contribution in [2.24, 2.45) is 5.73 Å². The second-order valence-corrected chi connectivity index (χ2v) is 34.9. The van der Waals surface area contributed by atoms with Crippen molar-refractivity contribution in [1.29, 1.82) is 0 Å². The molecule has 0 bridgehead atoms. The van der Waals surface area contributed by atoms with Crippen LogP contribution in [-0.2, 0) is 4.43 Å². The fourth-order valence-corrected chi connectivity index (χ4v) is 33.9. The highest BCUT2D eigenvalue weighted by atomic mass is 29.6. The topological polar surface area (TPSA) is 35.2 Å². The third-order valence-corrected chi connectivity index (χ3v) is 46.2. The van der Waals surface area contributed by atoms with Crippen LogP contribution in [0.5, 0.6) is 0 Å². The van der Waals surface area contributed by atoms with Crippen molar-refractivity contribution < 1.29 is 4.43 Å². The zero-order chi connectivity index (χ0) is 13.7. The fourth-order valence-electron chi connectivity index (χ4n) is 3.30. The summed E-state index contributed by atoms with van der Waals surface area (Å²) < 4.78 is 6.68. The number of nitrogens with two attached hydrogens (primary N) is 1. The molecule has 2 N–H and O–H groups in total. The lowest BCUT2D eigenvalue weighted by Gasteiger charge is -2.60. The number of hydrogen-bond acceptors (Lipinski definition) is 2. The molecule has 0 radical (unpaired) electrons. The van der Waals surface area contributed by atoms with E-state index in [9.17, 15) is 0 Å². The third kappa shape index (κ3) is 2.36. The zero-order valence-corrected chi connectivity index (χ0v) is 16.0. The minimum atomic E-state index is -1.55. The summed E-state index contributed by atoms with van der Waals surface area (Å²) in [5.74, 6) is 0. The van der Waals surface area contributed by atoms with Crippen molar-refractivity contribution in [3.8, 4) is 0 Å². The van der Waals surface area contributed by atoms with Crippen LogP contribution in [0.1, 0.15) is 20.3 Å². The summed E-state index contributed by atoms with van der Waals surface area (Å²) in [5, 5.41) is 0. The van der Waals surface area contributed by atoms with Gasteiger partial charge in [-0.1, -0.05) is 33.1 Å². The molecule has 1 aliphatic rings. The monoisotopic (exact) mass is 289 g/mol. The van der Waals surface area contributed by atoms with Crippen LogP contribution in [0.3, 0.4) is 0 Å². The van der Waals surface area contributed by atoms with E-state index >= 15 is 0 Å². The first kappa shape index (κ1) is 15.6. The molecule has 17 heavy (non-hydrogen) atoms. The van der Waals surface area contributed by atoms with Crippen molar-refractivity contribution in [2.45, 2.75) is 77.2 Å². The Morgan fingerprint density at radius 2 is 1.65 bits per heavy atom. The minimum absolute atomic E-state index is 0.0529. The Labute approximate surface area is 110 Å². The Balaban J connectivity index is 3.16. The molecule has 5 heteroatoms. The molecule has 1 heterocycles. The zero-order valence-electron chi connectivity index (χ0n) is 13.0. The van der Waals surface area contributed by atoms with Gasteiger partial charge in [0.25, 0.3) is 0 Å². The predicted octanol–water partition coefficient (Wildman–Crippen LogP) is 3.29. The Kier molecular flexibility index (Phi) is 3.95. The Bertz CT molecular complexity index is 282. The molecule has 0 aromatic heterocycles. The van der Waals surface area contributed by atoms with Gasteiger partial charge in [0.1, 0.15) is 0 Å². The van der Waals surface area contributed by atoms with Crippen LogP contribution in [0.2, 0.25) is 45.3 Å². The summed E-state index contributed by atoms with van der Waals surface area (Å²) in [5.41, 5.74) is 6.29. The van der Waals surface area contributed by atoms with Crippen LogP contribution < -0.4 is 5.73 Å². The molecular formula is C12H31NOSi3. The Hall–Kier alpha value is 0.571. The second-order valence-electron chi connectivity index (χ2n) is 7.63. The molecule has 0 aromatic carbocycles. The maximum atomic E-state index is 6.68. The lowest BCUT2D eigenvalue weighted by atomic mass is 9.97. The summed E-state index contributed by atoms with van der Waals surface area (Å²) in [6, 6.07) is 1.45. The van der Waals surface area contributed by atoms with Crippen LogP contribution in [0.15, 0.2) is 0 Å². The van der Waals surface area contributed by atoms with Crippen LogP contribution in [0.25, 0.3) is 0 Å². The molecular weight excluding hydrogens is 258 g/mol. The first-order chi connectivity index (χ1) is 7.40. The van der Waals surface area contributed by atoms with Gasteiger partial charge in [0.15, 0.2) is 7.83 Å². The van der Waals surface area contributed by atoms with E-state index in [0.29, 0.717) is 0 Å². The van der Waals surface area contributed by atoms with Crippen LogP contribution in [0.4, 0.5) is 0 Å². The molecule has 1 fully saturated rings. The molecule has 102 valence electrons. The van der Waals surface area contributed by atoms with Crippen molar-refractivity contribution >= 4 is 22.5 Å². The molecule has 0 aromatic rings. The van der Waals surface area contributed by atoms with Gasteiger partial charge in [-0.25, -0.2) is 0 Å². The number of hydrogen-bond donors (Lipinski definition) is 1. The normalized spacial score (nSPS) is 36.5. The van der Waals surface area contributed by atoms with Gasteiger partial charge in [-0.05, 0) is 32.5 Å². The van der Waals surface area contributed by atoms with Crippen LogP contribution in [0, 0.1) is 0 Å². The molecule has 2 unspecified atom stereocenters. The second kappa shape index (κ2) is 4.30. The summed E-state index contributed by atoms with van der Waals surface area (Å²) in [4.78, 5) is 0. The highest BCUT2D eigenvalue weighted by Gasteiger charge is 2.62. The molecule has 2 atom stereocenters. The lowest BCUT2D eigenvalue weighted by molar-refractivity contribution is 0.0700. The van der Waals surface area contributed by atoms with Gasteiger partial charge in [-0.15, -0.1) is 0 Å². The van der Waals surface area contributed by atoms with Gasteiger partial charge in [0.05, 0.1) is 12.7 Å². The molecule has 0 saturated carbocycles. The standard InChI is InChI=1S/C12H31NOSi3/c1-9-11(13)12(2)10-15(3,4)17(7,8)16(5,6)14-12/h11H,9-10,13H2,1-8H3. The van der Waals surface area contributed by atoms with Crippen molar-refractivity contribution in [3.63, 3.8) is 0 Å². The molecule has 2 nitrogen and oxygen atoms in total. The van der Waals surface area contributed by atoms with Gasteiger partial charge in [-0.2, -0.15) is 0 Å². The minimum Gasteiger partial charge on any atom is -0.414 e. The lowest BCUT2D eigenvalue weighted by Crippen LogP contribution is -2.79. The Morgan fingerprint density at radius 1 is 1.18 bits per heavy atom. The summed E-state index contributed by atoms with van der Waals surface area (Å²) in [6.07, 6.45) is 1.02. The molecule has 1 rings (SSSR count). The SMILES string of the molecule is CCC(N)C1(C)C[Si](C)(C)[Si](C)(C)[Si](C)(C)O1. The van der Waals surface area contributed by atoms with Crippen LogP contribution >= 0.6 is 0 Å². The van der Waals surface area contributed by atoms with E-state index in [1.165, 1.54) is 6.04 Å². The van der Waals surface area contributed by atoms with Gasteiger partial charge >= 0.3 is 0 Å². The van der Waals surface area contributed by atoms with Crippen molar-refractivity contribution in [2.75, 3.05) is 0 Å². The average molecular weight is 290 g/mol. The van der Waals surface area contributed by atoms with E-state index in [1.807, 2.05) is 0 Å². The van der Waals surface area contributed by atoms with E-state index in [2.05, 4.69) is 53.1 Å². The summed E-state index contributed by atoms with van der Waals surface area (Å²) in [7, 11) is -3.91. The number of rotatable bonds is 2. The maximum absolute atomic E-state index is 6.68. The highest BCUT2D eigenvalue weighted by molar-refractivity contribution is 7.67. The first-order valence-electron chi connectivity index (χ1n) is 6.85. The van der Waals surface area contributed by atoms with Crippen LogP contribution in [-0.4, -0.2) is 34.2 Å². The highest BCUT2D eigenvalue weighted by Crippen LogP contribution is 2.45. The fraction of sp³-hybridized carbons (Fsp3) is 1.00. The van der Waals surface area contributed by atoms with E-state index in [-0.39, 0.29) is 11.6 Å². The summed E-state index contributed by atoms with van der Waals surface area (Å²) in [6.45, 7) is 19.6. The van der Waals surface area contributed by atoms with E-state index in [1.54, 1.807) is 0 Å². The third-order valence-electron chi connectivity index (χ3n) is 5.70. The van der Waals surface area contributed by atoms with Crippen molar-refractivity contribution in [3.05, 3.63) is 0 Å². The largest absolute Gasteiger partial charge is 0.414 e. The quantitative estimate of drug-likeness (QED) is 0.792. The van der Waals surface area contributed by atoms with Gasteiger partial charge in [0.2, 0.25) is 0 Å². The average Bonchev–Trinajstić information content (AvgIpc) is 2.12. The van der Waals surface area contributed by atoms with E-state index in [4.69, 9.17) is 10.2 Å². The smallest absolute Gasteiger partial charge is 0.172 e. The molecule has 1 aliphatic heterocycles. The van der Waals surface area contributed by atoms with E-state index in [0.717, 1.165) is 6.42 Å². The molecule has 0 amide bonds. The van der Waals surface area contributed by atoms with Gasteiger partial charge < -0.3 is 10.2 Å². The predicted molar refractivity (Wildman–Crippen MR) is 85.0 cm³/mol. The van der Waals surface area contributed by atoms with E-state index < -0.39 is 22.5 Å². The first-order valence-corrected chi connectivity index (χ1v) is 18.0. The summed E-state index contributed by atoms with van der Waals surface area (Å²) >= 11 is 0. The molecule has 0 spiro atoms. The maximum Gasteiger partial charge on any atom is 0.172 e. The Morgan fingerprint density at radius 3 is 2.00 bits per heavy atom. The molecule has 1 saturated heterocycles.